The Labute approximate surface area is 163 Å². The minimum atomic E-state index is -5.01. The number of halogens is 7. The van der Waals surface area contributed by atoms with Crippen molar-refractivity contribution in [2.24, 2.45) is 0 Å². The van der Waals surface area contributed by atoms with E-state index in [0.29, 0.717) is 0 Å². The molecule has 0 fully saturated rings. The van der Waals surface area contributed by atoms with Crippen LogP contribution in [0.15, 0.2) is 30.6 Å². The Morgan fingerprint density at radius 2 is 1.76 bits per heavy atom. The maximum atomic E-state index is 13.8. The molecule has 2 unspecified atom stereocenters. The van der Waals surface area contributed by atoms with Crippen LogP contribution >= 0.6 is 11.6 Å². The molecule has 0 aliphatic carbocycles. The van der Waals surface area contributed by atoms with Gasteiger partial charge < -0.3 is 9.47 Å². The minimum Gasteiger partial charge on any atom is -0.439 e. The van der Waals surface area contributed by atoms with E-state index in [1.165, 1.54) is 24.5 Å². The van der Waals surface area contributed by atoms with E-state index in [4.69, 9.17) is 16.3 Å². The molecule has 0 aliphatic heterocycles. The maximum absolute atomic E-state index is 13.8. The second kappa shape index (κ2) is 8.23. The molecule has 1 aromatic carbocycles. The molecule has 3 aromatic rings. The van der Waals surface area contributed by atoms with Gasteiger partial charge in [0.25, 0.3) is 6.36 Å². The predicted octanol–water partition coefficient (Wildman–Crippen LogP) is 4.87. The molecular weight excluding hydrogens is 430 g/mol. The molecule has 2 atom stereocenters. The molecule has 29 heavy (non-hydrogen) atoms. The zero-order valence-electron chi connectivity index (χ0n) is 14.0. The third kappa shape index (κ3) is 4.75. The van der Waals surface area contributed by atoms with Gasteiger partial charge in [0.15, 0.2) is 6.17 Å². The van der Waals surface area contributed by atoms with E-state index in [9.17, 15) is 26.3 Å². The van der Waals surface area contributed by atoms with Gasteiger partial charge in [-0.1, -0.05) is 17.7 Å². The van der Waals surface area contributed by atoms with Gasteiger partial charge in [-0.25, -0.2) is 23.7 Å². The molecule has 13 heteroatoms. The van der Waals surface area contributed by atoms with Crippen LogP contribution < -0.4 is 9.47 Å². The first-order valence-corrected chi connectivity index (χ1v) is 8.11. The SMILES string of the molecule is FCC(F)C(F)Oc1nc(C(F)(F)F)nc2cccc(Oc3ncc(Cl)cn3)c12. The average Bonchev–Trinajstić information content (AvgIpc) is 2.68. The van der Waals surface area contributed by atoms with Crippen molar-refractivity contribution < 1.29 is 35.8 Å². The van der Waals surface area contributed by atoms with E-state index in [0.717, 1.165) is 6.07 Å². The van der Waals surface area contributed by atoms with Crippen LogP contribution in [0.5, 0.6) is 17.6 Å². The second-order valence-corrected chi connectivity index (χ2v) is 5.86. The lowest BCUT2D eigenvalue weighted by molar-refractivity contribution is -0.145. The van der Waals surface area contributed by atoms with E-state index in [1.807, 2.05) is 0 Å². The van der Waals surface area contributed by atoms with Crippen molar-refractivity contribution in [2.45, 2.75) is 18.7 Å². The summed E-state index contributed by atoms with van der Waals surface area (Å²) in [6.45, 7) is -1.75. The fraction of sp³-hybridized carbons (Fsp3) is 0.250. The largest absolute Gasteiger partial charge is 0.451 e. The van der Waals surface area contributed by atoms with Crippen molar-refractivity contribution in [1.29, 1.82) is 0 Å². The molecule has 0 spiro atoms. The molecule has 2 aromatic heterocycles. The molecule has 154 valence electrons. The van der Waals surface area contributed by atoms with E-state index >= 15 is 0 Å². The highest BCUT2D eigenvalue weighted by Gasteiger charge is 2.37. The predicted molar refractivity (Wildman–Crippen MR) is 88.1 cm³/mol. The lowest BCUT2D eigenvalue weighted by atomic mass is 10.2. The summed E-state index contributed by atoms with van der Waals surface area (Å²) in [5.41, 5.74) is -0.350. The van der Waals surface area contributed by atoms with E-state index in [2.05, 4.69) is 24.7 Å². The van der Waals surface area contributed by atoms with Crippen LogP contribution in [0, 0.1) is 0 Å². The Morgan fingerprint density at radius 1 is 1.07 bits per heavy atom. The Hall–Kier alpha value is -2.89. The van der Waals surface area contributed by atoms with Crippen molar-refractivity contribution in [3.05, 3.63) is 41.4 Å². The summed E-state index contributed by atoms with van der Waals surface area (Å²) >= 11 is 5.66. The number of benzene rings is 1. The monoisotopic (exact) mass is 438 g/mol. The van der Waals surface area contributed by atoms with Crippen molar-refractivity contribution >= 4 is 22.5 Å². The Balaban J connectivity index is 2.13. The fourth-order valence-corrected chi connectivity index (χ4v) is 2.22. The van der Waals surface area contributed by atoms with Gasteiger partial charge in [-0.15, -0.1) is 0 Å². The quantitative estimate of drug-likeness (QED) is 0.512. The van der Waals surface area contributed by atoms with Crippen LogP contribution in [0.25, 0.3) is 10.9 Å². The highest BCUT2D eigenvalue weighted by atomic mass is 35.5. The number of nitrogens with zero attached hydrogens (tertiary/aromatic N) is 4. The number of ether oxygens (including phenoxy) is 2. The summed E-state index contributed by atoms with van der Waals surface area (Å²) in [7, 11) is 0. The third-order valence-corrected chi connectivity index (χ3v) is 3.55. The lowest BCUT2D eigenvalue weighted by Gasteiger charge is -2.17. The van der Waals surface area contributed by atoms with Crippen LogP contribution in [-0.4, -0.2) is 39.1 Å². The van der Waals surface area contributed by atoms with Crippen molar-refractivity contribution in [1.82, 2.24) is 19.9 Å². The maximum Gasteiger partial charge on any atom is 0.451 e. The number of alkyl halides is 6. The first kappa shape index (κ1) is 20.8. The first-order valence-electron chi connectivity index (χ1n) is 7.73. The van der Waals surface area contributed by atoms with Gasteiger partial charge in [0.1, 0.15) is 17.8 Å². The third-order valence-electron chi connectivity index (χ3n) is 3.36. The van der Waals surface area contributed by atoms with Crippen LogP contribution in [0.3, 0.4) is 0 Å². The molecule has 0 saturated heterocycles. The standard InChI is InChI=1S/C16H9ClF6N4O2/c17-7-5-24-15(25-6-7)28-10-3-1-2-9-11(10)13(29-12(20)8(19)4-18)27-14(26-9)16(21,22)23/h1-3,5-6,8,12H,4H2. The molecule has 3 rings (SSSR count). The zero-order chi connectivity index (χ0) is 21.2. The van der Waals surface area contributed by atoms with Crippen molar-refractivity contribution in [3.63, 3.8) is 0 Å². The van der Waals surface area contributed by atoms with Crippen molar-refractivity contribution in [3.8, 4) is 17.6 Å². The van der Waals surface area contributed by atoms with Crippen LogP contribution in [0.4, 0.5) is 26.3 Å². The van der Waals surface area contributed by atoms with Crippen LogP contribution in [0.2, 0.25) is 5.02 Å². The summed E-state index contributed by atoms with van der Waals surface area (Å²) < 4.78 is 88.5. The molecule has 0 bridgehead atoms. The highest BCUT2D eigenvalue weighted by Crippen LogP contribution is 2.37. The Bertz CT molecular complexity index is 1010. The molecule has 0 aliphatic rings. The van der Waals surface area contributed by atoms with E-state index in [1.54, 1.807) is 0 Å². The van der Waals surface area contributed by atoms with Crippen LogP contribution in [-0.2, 0) is 6.18 Å². The van der Waals surface area contributed by atoms with Crippen molar-refractivity contribution in [2.75, 3.05) is 6.67 Å². The molecule has 0 radical (unpaired) electrons. The zero-order valence-corrected chi connectivity index (χ0v) is 14.8. The topological polar surface area (TPSA) is 70.0 Å². The first-order chi connectivity index (χ1) is 13.7. The average molecular weight is 439 g/mol. The van der Waals surface area contributed by atoms with Gasteiger partial charge in [0, 0.05) is 0 Å². The van der Waals surface area contributed by atoms with Gasteiger partial charge >= 0.3 is 12.2 Å². The number of rotatable bonds is 6. The molecule has 2 heterocycles. The van der Waals surface area contributed by atoms with E-state index in [-0.39, 0.29) is 27.7 Å². The fourth-order valence-electron chi connectivity index (χ4n) is 2.12. The van der Waals surface area contributed by atoms with Gasteiger partial charge in [-0.2, -0.15) is 22.5 Å². The van der Waals surface area contributed by atoms with E-state index < -0.39 is 37.1 Å². The molecule has 0 N–H and O–H groups in total. The number of hydrogen-bond acceptors (Lipinski definition) is 6. The van der Waals surface area contributed by atoms with Crippen LogP contribution in [0.1, 0.15) is 5.82 Å². The summed E-state index contributed by atoms with van der Waals surface area (Å²) in [6.07, 6.45) is -8.28. The Kier molecular flexibility index (Phi) is 5.91. The number of aromatic nitrogens is 4. The normalized spacial score (nSPS) is 13.9. The summed E-state index contributed by atoms with van der Waals surface area (Å²) in [5.74, 6) is -2.87. The minimum absolute atomic E-state index is 0.193. The van der Waals surface area contributed by atoms with Gasteiger partial charge in [-0.3, -0.25) is 0 Å². The number of fused-ring (bicyclic) bond motifs is 1. The second-order valence-electron chi connectivity index (χ2n) is 5.43. The highest BCUT2D eigenvalue weighted by molar-refractivity contribution is 6.30. The summed E-state index contributed by atoms with van der Waals surface area (Å²) in [6, 6.07) is 3.44. The number of hydrogen-bond donors (Lipinski definition) is 0. The smallest absolute Gasteiger partial charge is 0.439 e. The summed E-state index contributed by atoms with van der Waals surface area (Å²) in [5, 5.41) is -0.134. The van der Waals surface area contributed by atoms with Gasteiger partial charge in [0.05, 0.1) is 22.9 Å². The lowest BCUT2D eigenvalue weighted by Crippen LogP contribution is -2.26. The van der Waals surface area contributed by atoms with Gasteiger partial charge in [0.2, 0.25) is 11.7 Å². The molecule has 0 saturated carbocycles. The van der Waals surface area contributed by atoms with Gasteiger partial charge in [-0.05, 0) is 12.1 Å². The Morgan fingerprint density at radius 3 is 2.38 bits per heavy atom. The summed E-state index contributed by atoms with van der Waals surface area (Å²) in [4.78, 5) is 14.0. The molecular formula is C16H9ClF6N4O2. The molecule has 6 nitrogen and oxygen atoms in total. The molecule has 0 amide bonds.